The Bertz CT molecular complexity index is 704. The van der Waals surface area contributed by atoms with E-state index in [1.54, 1.807) is 18.2 Å². The van der Waals surface area contributed by atoms with Crippen molar-refractivity contribution in [3.05, 3.63) is 65.2 Å². The second kappa shape index (κ2) is 8.86. The van der Waals surface area contributed by atoms with E-state index in [-0.39, 0.29) is 5.75 Å². The molecule has 0 aliphatic rings. The molecule has 0 spiro atoms. The molecule has 0 fully saturated rings. The predicted octanol–water partition coefficient (Wildman–Crippen LogP) is 2.97. The van der Waals surface area contributed by atoms with Crippen LogP contribution in [0.15, 0.2) is 47.5 Å². The number of benzene rings is 2. The minimum absolute atomic E-state index is 0.197. The van der Waals surface area contributed by atoms with Gasteiger partial charge in [0.1, 0.15) is 17.4 Å². The lowest BCUT2D eigenvalue weighted by atomic mass is 10.1. The first-order chi connectivity index (χ1) is 11.6. The largest absolute Gasteiger partial charge is 0.508 e. The van der Waals surface area contributed by atoms with Crippen LogP contribution >= 0.6 is 0 Å². The molecule has 128 valence electrons. The van der Waals surface area contributed by atoms with Crippen molar-refractivity contribution in [3.8, 4) is 5.75 Å². The minimum atomic E-state index is -0.448. The van der Waals surface area contributed by atoms with E-state index in [1.807, 2.05) is 13.0 Å². The lowest BCUT2D eigenvalue weighted by Crippen LogP contribution is -2.38. The molecule has 0 atom stereocenters. The molecule has 2 rings (SSSR count). The molecule has 0 unspecified atom stereocenters. The Morgan fingerprint density at radius 2 is 1.96 bits per heavy atom. The van der Waals surface area contributed by atoms with E-state index in [0.717, 1.165) is 17.7 Å². The quantitative estimate of drug-likeness (QED) is 0.563. The number of halogens is 2. The van der Waals surface area contributed by atoms with Gasteiger partial charge in [-0.25, -0.2) is 13.8 Å². The monoisotopic (exact) mass is 333 g/mol. The number of nitrogens with zero attached hydrogens (tertiary/aromatic N) is 1. The molecule has 0 bridgehead atoms. The molecule has 4 nitrogen and oxygen atoms in total. The molecule has 0 saturated carbocycles. The fourth-order valence-electron chi connectivity index (χ4n) is 2.22. The van der Waals surface area contributed by atoms with Gasteiger partial charge in [0, 0.05) is 13.1 Å². The minimum Gasteiger partial charge on any atom is -0.508 e. The average Bonchev–Trinajstić information content (AvgIpc) is 2.56. The Morgan fingerprint density at radius 3 is 2.71 bits per heavy atom. The van der Waals surface area contributed by atoms with E-state index in [9.17, 15) is 13.9 Å². The summed E-state index contributed by atoms with van der Waals surface area (Å²) in [5, 5.41) is 15.6. The van der Waals surface area contributed by atoms with Crippen molar-refractivity contribution >= 4 is 5.96 Å². The van der Waals surface area contributed by atoms with Gasteiger partial charge >= 0.3 is 0 Å². The third-order valence-electron chi connectivity index (χ3n) is 3.37. The molecule has 0 aromatic heterocycles. The standard InChI is InChI=1S/C18H21F2N3O/c1-2-21-18(23-12-13-4-3-5-16(24)10-13)22-9-8-14-11-15(19)6-7-17(14)20/h3-7,10-11,24H,2,8-9,12H2,1H3,(H2,21,22,23). The maximum absolute atomic E-state index is 13.6. The molecule has 0 saturated heterocycles. The fraction of sp³-hybridized carbons (Fsp3) is 0.278. The highest BCUT2D eigenvalue weighted by atomic mass is 19.1. The normalized spacial score (nSPS) is 11.4. The summed E-state index contributed by atoms with van der Waals surface area (Å²) < 4.78 is 26.7. The predicted molar refractivity (Wildman–Crippen MR) is 91.0 cm³/mol. The molecule has 0 aliphatic heterocycles. The number of hydrogen-bond donors (Lipinski definition) is 3. The zero-order valence-electron chi connectivity index (χ0n) is 13.5. The van der Waals surface area contributed by atoms with E-state index < -0.39 is 11.6 Å². The van der Waals surface area contributed by atoms with Gasteiger partial charge in [-0.15, -0.1) is 0 Å². The lowest BCUT2D eigenvalue weighted by Gasteiger charge is -2.11. The van der Waals surface area contributed by atoms with Gasteiger partial charge in [0.25, 0.3) is 0 Å². The maximum atomic E-state index is 13.6. The van der Waals surface area contributed by atoms with Crippen molar-refractivity contribution in [1.82, 2.24) is 10.6 Å². The van der Waals surface area contributed by atoms with Gasteiger partial charge in [-0.1, -0.05) is 12.1 Å². The van der Waals surface area contributed by atoms with Crippen molar-refractivity contribution in [3.63, 3.8) is 0 Å². The van der Waals surface area contributed by atoms with Crippen molar-refractivity contribution in [2.75, 3.05) is 13.1 Å². The van der Waals surface area contributed by atoms with Crippen molar-refractivity contribution in [2.45, 2.75) is 19.9 Å². The van der Waals surface area contributed by atoms with Gasteiger partial charge in [-0.3, -0.25) is 0 Å². The Hall–Kier alpha value is -2.63. The highest BCUT2D eigenvalue weighted by Crippen LogP contribution is 2.12. The number of guanidine groups is 1. The van der Waals surface area contributed by atoms with Gasteiger partial charge in [0.2, 0.25) is 0 Å². The molecule has 6 heteroatoms. The summed E-state index contributed by atoms with van der Waals surface area (Å²) >= 11 is 0. The smallest absolute Gasteiger partial charge is 0.191 e. The van der Waals surface area contributed by atoms with Gasteiger partial charge in [0.15, 0.2) is 5.96 Å². The topological polar surface area (TPSA) is 56.7 Å². The average molecular weight is 333 g/mol. The Labute approximate surface area is 140 Å². The van der Waals surface area contributed by atoms with E-state index in [1.165, 1.54) is 6.07 Å². The summed E-state index contributed by atoms with van der Waals surface area (Å²) in [7, 11) is 0. The number of aliphatic imine (C=N–C) groups is 1. The van der Waals surface area contributed by atoms with Crippen LogP contribution in [0.1, 0.15) is 18.1 Å². The molecular formula is C18H21F2N3O. The summed E-state index contributed by atoms with van der Waals surface area (Å²) in [5.74, 6) is -0.0874. The van der Waals surface area contributed by atoms with E-state index in [4.69, 9.17) is 0 Å². The first-order valence-electron chi connectivity index (χ1n) is 7.82. The Morgan fingerprint density at radius 1 is 1.12 bits per heavy atom. The SMILES string of the molecule is CCNC(=NCc1cccc(O)c1)NCCc1cc(F)ccc1F. The van der Waals surface area contributed by atoms with Crippen LogP contribution in [0.2, 0.25) is 0 Å². The molecule has 0 amide bonds. The summed E-state index contributed by atoms with van der Waals surface area (Å²) in [6.07, 6.45) is 0.347. The van der Waals surface area contributed by atoms with E-state index in [0.29, 0.717) is 37.6 Å². The number of phenolic OH excluding ortho intramolecular Hbond substituents is 1. The number of phenols is 1. The van der Waals surface area contributed by atoms with Crippen LogP contribution in [0, 0.1) is 11.6 Å². The maximum Gasteiger partial charge on any atom is 0.191 e. The fourth-order valence-corrected chi connectivity index (χ4v) is 2.22. The van der Waals surface area contributed by atoms with Crippen LogP contribution in [0.3, 0.4) is 0 Å². The molecule has 0 aliphatic carbocycles. The third kappa shape index (κ3) is 5.53. The summed E-state index contributed by atoms with van der Waals surface area (Å²) in [6, 6.07) is 10.3. The summed E-state index contributed by atoms with van der Waals surface area (Å²) in [4.78, 5) is 4.41. The van der Waals surface area contributed by atoms with Gasteiger partial charge < -0.3 is 15.7 Å². The number of aromatic hydroxyl groups is 1. The zero-order chi connectivity index (χ0) is 17.4. The first kappa shape index (κ1) is 17.7. The zero-order valence-corrected chi connectivity index (χ0v) is 13.5. The molecule has 2 aromatic carbocycles. The lowest BCUT2D eigenvalue weighted by molar-refractivity contribution is 0.474. The van der Waals surface area contributed by atoms with E-state index in [2.05, 4.69) is 15.6 Å². The second-order valence-electron chi connectivity index (χ2n) is 5.28. The summed E-state index contributed by atoms with van der Waals surface area (Å²) in [5.41, 5.74) is 1.20. The molecule has 24 heavy (non-hydrogen) atoms. The van der Waals surface area contributed by atoms with Crippen LogP contribution in [-0.2, 0) is 13.0 Å². The van der Waals surface area contributed by atoms with Crippen LogP contribution < -0.4 is 10.6 Å². The van der Waals surface area contributed by atoms with E-state index >= 15 is 0 Å². The van der Waals surface area contributed by atoms with Crippen LogP contribution in [-0.4, -0.2) is 24.2 Å². The Balaban J connectivity index is 1.93. The molecule has 2 aromatic rings. The third-order valence-corrected chi connectivity index (χ3v) is 3.37. The van der Waals surface area contributed by atoms with Gasteiger partial charge in [0.05, 0.1) is 6.54 Å². The molecule has 0 heterocycles. The Kier molecular flexibility index (Phi) is 6.54. The van der Waals surface area contributed by atoms with Crippen molar-refractivity contribution in [1.29, 1.82) is 0 Å². The summed E-state index contributed by atoms with van der Waals surface area (Å²) in [6.45, 7) is 3.45. The highest BCUT2D eigenvalue weighted by molar-refractivity contribution is 5.79. The van der Waals surface area contributed by atoms with Crippen LogP contribution in [0.4, 0.5) is 8.78 Å². The number of nitrogens with one attached hydrogen (secondary N) is 2. The van der Waals surface area contributed by atoms with Crippen LogP contribution in [0.5, 0.6) is 5.75 Å². The molecular weight excluding hydrogens is 312 g/mol. The van der Waals surface area contributed by atoms with Gasteiger partial charge in [-0.05, 0) is 54.8 Å². The second-order valence-corrected chi connectivity index (χ2v) is 5.28. The molecule has 0 radical (unpaired) electrons. The van der Waals surface area contributed by atoms with Crippen LogP contribution in [0.25, 0.3) is 0 Å². The van der Waals surface area contributed by atoms with Crippen molar-refractivity contribution < 1.29 is 13.9 Å². The highest BCUT2D eigenvalue weighted by Gasteiger charge is 2.04. The van der Waals surface area contributed by atoms with Gasteiger partial charge in [-0.2, -0.15) is 0 Å². The number of hydrogen-bond acceptors (Lipinski definition) is 2. The molecule has 3 N–H and O–H groups in total. The first-order valence-corrected chi connectivity index (χ1v) is 7.82. The number of rotatable bonds is 6. The van der Waals surface area contributed by atoms with Crippen molar-refractivity contribution in [2.24, 2.45) is 4.99 Å².